The molecule has 2 aliphatic heterocycles. The number of carboxylic acids is 1. The fourth-order valence-corrected chi connectivity index (χ4v) is 3.47. The highest BCUT2D eigenvalue weighted by molar-refractivity contribution is 5.85. The number of ether oxygens (including phenoxy) is 1. The third-order valence-corrected chi connectivity index (χ3v) is 4.40. The van der Waals surface area contributed by atoms with E-state index in [1.54, 1.807) is 17.2 Å². The van der Waals surface area contributed by atoms with Crippen LogP contribution >= 0.6 is 0 Å². The Hall–Kier alpha value is -2.31. The molecule has 1 aromatic rings. The lowest BCUT2D eigenvalue weighted by molar-refractivity contribution is 0.0209. The molecule has 1 N–H and O–H groups in total. The zero-order valence-electron chi connectivity index (χ0n) is 14.2. The second-order valence-corrected chi connectivity index (χ2v) is 7.38. The molecule has 1 aromatic heterocycles. The minimum absolute atomic E-state index is 0.0403. The van der Waals surface area contributed by atoms with Gasteiger partial charge in [-0.2, -0.15) is 0 Å². The summed E-state index contributed by atoms with van der Waals surface area (Å²) in [6.45, 7) is 6.83. The summed E-state index contributed by atoms with van der Waals surface area (Å²) in [4.78, 5) is 31.3. The molecule has 0 spiro atoms. The highest BCUT2D eigenvalue weighted by Crippen LogP contribution is 2.35. The number of carbonyl (C=O) groups is 2. The molecule has 130 valence electrons. The molecular formula is C17H23N3O4. The van der Waals surface area contributed by atoms with Crippen molar-refractivity contribution in [3.05, 3.63) is 24.0 Å². The number of amides is 1. The molecule has 3 heterocycles. The van der Waals surface area contributed by atoms with Crippen molar-refractivity contribution in [2.24, 2.45) is 0 Å². The maximum absolute atomic E-state index is 12.3. The van der Waals surface area contributed by atoms with Gasteiger partial charge in [-0.25, -0.2) is 14.6 Å². The summed E-state index contributed by atoms with van der Waals surface area (Å²) in [5, 5.41) is 8.96. The molecule has 2 bridgehead atoms. The summed E-state index contributed by atoms with van der Waals surface area (Å²) in [6, 6.07) is 3.75. The van der Waals surface area contributed by atoms with E-state index in [-0.39, 0.29) is 23.9 Å². The molecule has 0 saturated carbocycles. The van der Waals surface area contributed by atoms with Gasteiger partial charge in [0, 0.05) is 25.2 Å². The van der Waals surface area contributed by atoms with Gasteiger partial charge in [-0.15, -0.1) is 0 Å². The van der Waals surface area contributed by atoms with E-state index < -0.39 is 11.6 Å². The first-order valence-electron chi connectivity index (χ1n) is 8.20. The van der Waals surface area contributed by atoms with Crippen molar-refractivity contribution in [2.45, 2.75) is 51.3 Å². The molecule has 2 saturated heterocycles. The van der Waals surface area contributed by atoms with Crippen molar-refractivity contribution in [2.75, 3.05) is 18.0 Å². The van der Waals surface area contributed by atoms with E-state index in [1.807, 2.05) is 20.8 Å². The number of carboxylic acid groups (broad SMARTS) is 1. The Morgan fingerprint density at radius 3 is 2.29 bits per heavy atom. The van der Waals surface area contributed by atoms with Gasteiger partial charge in [0.25, 0.3) is 0 Å². The number of aromatic nitrogens is 1. The second kappa shape index (κ2) is 5.96. The van der Waals surface area contributed by atoms with Gasteiger partial charge in [-0.3, -0.25) is 0 Å². The average molecular weight is 333 g/mol. The number of rotatable bonds is 2. The predicted octanol–water partition coefficient (Wildman–Crippen LogP) is 2.37. The summed E-state index contributed by atoms with van der Waals surface area (Å²) >= 11 is 0. The first-order chi connectivity index (χ1) is 11.2. The number of piperazine rings is 1. The van der Waals surface area contributed by atoms with Gasteiger partial charge in [0.05, 0.1) is 11.9 Å². The van der Waals surface area contributed by atoms with E-state index in [0.29, 0.717) is 13.1 Å². The quantitative estimate of drug-likeness (QED) is 0.894. The lowest BCUT2D eigenvalue weighted by Gasteiger charge is -2.42. The number of fused-ring (bicyclic) bond motifs is 2. The smallest absolute Gasteiger partial charge is 0.410 e. The standard InChI is InChI=1S/C17H23N3O4/c1-17(2,3)24-16(23)19-9-12-4-5-13(10-19)20(12)11-6-7-14(15(21)22)18-8-11/h6-8,12-13H,4-5,9-10H2,1-3H3,(H,21,22). The van der Waals surface area contributed by atoms with Gasteiger partial charge in [0.2, 0.25) is 0 Å². The summed E-state index contributed by atoms with van der Waals surface area (Å²) in [7, 11) is 0. The highest BCUT2D eigenvalue weighted by Gasteiger charge is 2.42. The van der Waals surface area contributed by atoms with E-state index >= 15 is 0 Å². The number of hydrogen-bond acceptors (Lipinski definition) is 5. The maximum atomic E-state index is 12.3. The summed E-state index contributed by atoms with van der Waals surface area (Å²) in [6.07, 6.45) is 3.35. The molecule has 3 rings (SSSR count). The number of hydrogen-bond donors (Lipinski definition) is 1. The van der Waals surface area contributed by atoms with Gasteiger partial charge in [-0.1, -0.05) is 0 Å². The number of nitrogens with zero attached hydrogens (tertiary/aromatic N) is 3. The molecule has 1 amide bonds. The first kappa shape index (κ1) is 16.5. The Bertz CT molecular complexity index is 624. The average Bonchev–Trinajstić information content (AvgIpc) is 2.75. The van der Waals surface area contributed by atoms with Gasteiger partial charge < -0.3 is 19.6 Å². The van der Waals surface area contributed by atoms with Gasteiger partial charge in [0.15, 0.2) is 0 Å². The minimum atomic E-state index is -1.03. The molecule has 2 aliphatic rings. The number of carbonyl (C=O) groups excluding carboxylic acids is 1. The Morgan fingerprint density at radius 1 is 1.21 bits per heavy atom. The van der Waals surface area contributed by atoms with Crippen LogP contribution < -0.4 is 4.90 Å². The zero-order chi connectivity index (χ0) is 17.5. The summed E-state index contributed by atoms with van der Waals surface area (Å²) < 4.78 is 5.48. The molecule has 0 aliphatic carbocycles. The van der Waals surface area contributed by atoms with Crippen LogP contribution in [0.2, 0.25) is 0 Å². The second-order valence-electron chi connectivity index (χ2n) is 7.38. The van der Waals surface area contributed by atoms with Gasteiger partial charge >= 0.3 is 12.1 Å². The zero-order valence-corrected chi connectivity index (χ0v) is 14.2. The van der Waals surface area contributed by atoms with E-state index in [1.165, 1.54) is 6.07 Å². The van der Waals surface area contributed by atoms with Crippen molar-refractivity contribution in [3.63, 3.8) is 0 Å². The molecule has 7 nitrogen and oxygen atoms in total. The normalized spacial score (nSPS) is 23.3. The lowest BCUT2D eigenvalue weighted by atomic mass is 10.1. The van der Waals surface area contributed by atoms with Gasteiger partial charge in [0.1, 0.15) is 11.3 Å². The molecule has 2 unspecified atom stereocenters. The van der Waals surface area contributed by atoms with E-state index in [9.17, 15) is 9.59 Å². The lowest BCUT2D eigenvalue weighted by Crippen LogP contribution is -2.56. The van der Waals surface area contributed by atoms with Crippen LogP contribution in [0.25, 0.3) is 0 Å². The summed E-state index contributed by atoms with van der Waals surface area (Å²) in [5.41, 5.74) is 0.457. The van der Waals surface area contributed by atoms with Crippen molar-refractivity contribution in [1.29, 1.82) is 0 Å². The van der Waals surface area contributed by atoms with Gasteiger partial charge in [-0.05, 0) is 45.7 Å². The molecule has 2 atom stereocenters. The van der Waals surface area contributed by atoms with E-state index in [2.05, 4.69) is 9.88 Å². The highest BCUT2D eigenvalue weighted by atomic mass is 16.6. The van der Waals surface area contributed by atoms with Crippen molar-refractivity contribution >= 4 is 17.7 Å². The molecule has 24 heavy (non-hydrogen) atoms. The predicted molar refractivity (Wildman–Crippen MR) is 88.3 cm³/mol. The van der Waals surface area contributed by atoms with Crippen molar-refractivity contribution < 1.29 is 19.4 Å². The Labute approximate surface area is 141 Å². The fraction of sp³-hybridized carbons (Fsp3) is 0.588. The molecular weight excluding hydrogens is 310 g/mol. The van der Waals surface area contributed by atoms with Crippen LogP contribution in [0.1, 0.15) is 44.1 Å². The number of aromatic carboxylic acids is 1. The van der Waals surface area contributed by atoms with E-state index in [0.717, 1.165) is 18.5 Å². The molecule has 2 fully saturated rings. The largest absolute Gasteiger partial charge is 0.477 e. The van der Waals surface area contributed by atoms with Crippen LogP contribution in [-0.4, -0.2) is 57.8 Å². The fourth-order valence-electron chi connectivity index (χ4n) is 3.47. The minimum Gasteiger partial charge on any atom is -0.477 e. The van der Waals surface area contributed by atoms with Crippen molar-refractivity contribution in [1.82, 2.24) is 9.88 Å². The van der Waals surface area contributed by atoms with E-state index in [4.69, 9.17) is 9.84 Å². The first-order valence-corrected chi connectivity index (χ1v) is 8.20. The van der Waals surface area contributed by atoms with Crippen LogP contribution in [-0.2, 0) is 4.74 Å². The van der Waals surface area contributed by atoms with Crippen LogP contribution in [0.3, 0.4) is 0 Å². The topological polar surface area (TPSA) is 83.0 Å². The number of likely N-dealkylation sites (tertiary alicyclic amines) is 1. The van der Waals surface area contributed by atoms with Crippen LogP contribution in [0.5, 0.6) is 0 Å². The Kier molecular flexibility index (Phi) is 4.11. The maximum Gasteiger partial charge on any atom is 0.410 e. The monoisotopic (exact) mass is 333 g/mol. The third-order valence-electron chi connectivity index (χ3n) is 4.40. The van der Waals surface area contributed by atoms with Crippen LogP contribution in [0, 0.1) is 0 Å². The summed E-state index contributed by atoms with van der Waals surface area (Å²) in [5.74, 6) is -1.03. The third kappa shape index (κ3) is 3.29. The SMILES string of the molecule is CC(C)(C)OC(=O)N1CC2CCC(C1)N2c1ccc(C(=O)O)nc1. The van der Waals surface area contributed by atoms with Crippen LogP contribution in [0.15, 0.2) is 18.3 Å². The number of pyridine rings is 1. The van der Waals surface area contributed by atoms with Crippen molar-refractivity contribution in [3.8, 4) is 0 Å². The molecule has 0 aromatic carbocycles. The molecule has 0 radical (unpaired) electrons. The molecule has 7 heteroatoms. The number of anilines is 1. The Balaban J connectivity index is 1.72. The van der Waals surface area contributed by atoms with Crippen LogP contribution in [0.4, 0.5) is 10.5 Å². The Morgan fingerprint density at radius 2 is 1.83 bits per heavy atom.